The molecule has 1 aliphatic carbocycles. The SMILES string of the molecule is CC1CC(F)CC(F)C1C. The van der Waals surface area contributed by atoms with Crippen molar-refractivity contribution in [1.29, 1.82) is 0 Å². The molecule has 0 radical (unpaired) electrons. The van der Waals surface area contributed by atoms with E-state index in [4.69, 9.17) is 0 Å². The first-order valence-electron chi connectivity index (χ1n) is 3.89. The molecule has 4 atom stereocenters. The van der Waals surface area contributed by atoms with Crippen LogP contribution in [0.5, 0.6) is 0 Å². The van der Waals surface area contributed by atoms with Crippen LogP contribution in [0.25, 0.3) is 0 Å². The molecule has 0 amide bonds. The van der Waals surface area contributed by atoms with Gasteiger partial charge in [0, 0.05) is 6.42 Å². The lowest BCUT2D eigenvalue weighted by Crippen LogP contribution is -2.31. The highest BCUT2D eigenvalue weighted by Gasteiger charge is 2.32. The highest BCUT2D eigenvalue weighted by molar-refractivity contribution is 4.81. The zero-order chi connectivity index (χ0) is 7.72. The van der Waals surface area contributed by atoms with Crippen molar-refractivity contribution >= 4 is 0 Å². The Bertz CT molecular complexity index is 102. The first kappa shape index (κ1) is 7.96. The summed E-state index contributed by atoms with van der Waals surface area (Å²) in [5.41, 5.74) is 0. The molecule has 0 N–H and O–H groups in total. The van der Waals surface area contributed by atoms with E-state index in [1.807, 2.05) is 13.8 Å². The number of hydrogen-bond donors (Lipinski definition) is 0. The molecule has 0 bridgehead atoms. The molecule has 0 spiro atoms. The summed E-state index contributed by atoms with van der Waals surface area (Å²) in [4.78, 5) is 0. The molecule has 1 fully saturated rings. The lowest BCUT2D eigenvalue weighted by molar-refractivity contribution is 0.0693. The summed E-state index contributed by atoms with van der Waals surface area (Å²) in [6.07, 6.45) is -1.16. The minimum absolute atomic E-state index is 0.0481. The average molecular weight is 148 g/mol. The smallest absolute Gasteiger partial charge is 0.106 e. The molecule has 0 aromatic carbocycles. The molecule has 0 saturated heterocycles. The van der Waals surface area contributed by atoms with Crippen molar-refractivity contribution in [2.45, 2.75) is 39.0 Å². The minimum atomic E-state index is -0.918. The van der Waals surface area contributed by atoms with E-state index >= 15 is 0 Å². The van der Waals surface area contributed by atoms with E-state index in [0.717, 1.165) is 0 Å². The molecular formula is C8H14F2. The third-order valence-electron chi connectivity index (χ3n) is 2.58. The average Bonchev–Trinajstić information content (AvgIpc) is 1.82. The molecule has 0 aromatic rings. The van der Waals surface area contributed by atoms with Crippen LogP contribution >= 0.6 is 0 Å². The Morgan fingerprint density at radius 2 is 1.70 bits per heavy atom. The maximum absolute atomic E-state index is 12.8. The van der Waals surface area contributed by atoms with Gasteiger partial charge in [-0.15, -0.1) is 0 Å². The summed E-state index contributed by atoms with van der Waals surface area (Å²) in [6.45, 7) is 3.78. The standard InChI is InChI=1S/C8H14F2/c1-5-3-7(9)4-8(10)6(5)2/h5-8H,3-4H2,1-2H3. The van der Waals surface area contributed by atoms with Gasteiger partial charge in [-0.05, 0) is 18.3 Å². The second kappa shape index (κ2) is 2.85. The van der Waals surface area contributed by atoms with Crippen LogP contribution < -0.4 is 0 Å². The second-order valence-corrected chi connectivity index (χ2v) is 3.42. The molecule has 2 heteroatoms. The zero-order valence-electron chi connectivity index (χ0n) is 6.48. The lowest BCUT2D eigenvalue weighted by atomic mass is 9.79. The Labute approximate surface area is 60.6 Å². The van der Waals surface area contributed by atoms with Gasteiger partial charge in [-0.1, -0.05) is 13.8 Å². The van der Waals surface area contributed by atoms with Gasteiger partial charge in [0.1, 0.15) is 12.3 Å². The van der Waals surface area contributed by atoms with Crippen LogP contribution in [0.4, 0.5) is 8.78 Å². The van der Waals surface area contributed by atoms with Crippen LogP contribution in [0.1, 0.15) is 26.7 Å². The number of rotatable bonds is 0. The van der Waals surface area contributed by atoms with E-state index in [1.165, 1.54) is 0 Å². The molecule has 0 aromatic heterocycles. The second-order valence-electron chi connectivity index (χ2n) is 3.42. The molecule has 10 heavy (non-hydrogen) atoms. The normalized spacial score (nSPS) is 49.2. The van der Waals surface area contributed by atoms with Crippen molar-refractivity contribution < 1.29 is 8.78 Å². The monoisotopic (exact) mass is 148 g/mol. The third kappa shape index (κ3) is 1.47. The van der Waals surface area contributed by atoms with Gasteiger partial charge >= 0.3 is 0 Å². The predicted molar refractivity (Wildman–Crippen MR) is 37.4 cm³/mol. The van der Waals surface area contributed by atoms with Gasteiger partial charge in [-0.25, -0.2) is 8.78 Å². The summed E-state index contributed by atoms with van der Waals surface area (Å²) in [5, 5.41) is 0. The first-order chi connectivity index (χ1) is 4.61. The number of halogens is 2. The quantitative estimate of drug-likeness (QED) is 0.495. The predicted octanol–water partition coefficient (Wildman–Crippen LogP) is 2.73. The highest BCUT2D eigenvalue weighted by atomic mass is 19.1. The molecule has 1 rings (SSSR count). The fourth-order valence-corrected chi connectivity index (χ4v) is 1.53. The van der Waals surface area contributed by atoms with Crippen molar-refractivity contribution in [2.75, 3.05) is 0 Å². The van der Waals surface area contributed by atoms with Crippen LogP contribution in [-0.2, 0) is 0 Å². The number of alkyl halides is 2. The largest absolute Gasteiger partial charge is 0.247 e. The summed E-state index contributed by atoms with van der Waals surface area (Å²) in [5.74, 6) is 0.255. The summed E-state index contributed by atoms with van der Waals surface area (Å²) < 4.78 is 25.5. The maximum atomic E-state index is 12.8. The van der Waals surface area contributed by atoms with Crippen LogP contribution in [0, 0.1) is 11.8 Å². The Hall–Kier alpha value is -0.140. The van der Waals surface area contributed by atoms with Gasteiger partial charge in [0.25, 0.3) is 0 Å². The third-order valence-corrected chi connectivity index (χ3v) is 2.58. The Kier molecular flexibility index (Phi) is 2.27. The van der Waals surface area contributed by atoms with Crippen molar-refractivity contribution in [3.63, 3.8) is 0 Å². The Morgan fingerprint density at radius 3 is 2.20 bits per heavy atom. The van der Waals surface area contributed by atoms with Gasteiger partial charge < -0.3 is 0 Å². The molecule has 0 aliphatic heterocycles. The summed E-state index contributed by atoms with van der Waals surface area (Å²) in [6, 6.07) is 0. The maximum Gasteiger partial charge on any atom is 0.106 e. The molecule has 1 aliphatic rings. The fraction of sp³-hybridized carbons (Fsp3) is 1.00. The van der Waals surface area contributed by atoms with Gasteiger partial charge in [0.15, 0.2) is 0 Å². The Balaban J connectivity index is 2.49. The zero-order valence-corrected chi connectivity index (χ0v) is 6.48. The van der Waals surface area contributed by atoms with E-state index in [1.54, 1.807) is 0 Å². The van der Waals surface area contributed by atoms with E-state index in [9.17, 15) is 8.78 Å². The summed E-state index contributed by atoms with van der Waals surface area (Å²) >= 11 is 0. The van der Waals surface area contributed by atoms with Gasteiger partial charge in [0.05, 0.1) is 0 Å². The lowest BCUT2D eigenvalue weighted by Gasteiger charge is -2.30. The van der Waals surface area contributed by atoms with Gasteiger partial charge in [-0.3, -0.25) is 0 Å². The van der Waals surface area contributed by atoms with Gasteiger partial charge in [-0.2, -0.15) is 0 Å². The topological polar surface area (TPSA) is 0 Å². The van der Waals surface area contributed by atoms with E-state index in [0.29, 0.717) is 6.42 Å². The first-order valence-corrected chi connectivity index (χ1v) is 3.89. The fourth-order valence-electron chi connectivity index (χ4n) is 1.53. The van der Waals surface area contributed by atoms with Crippen molar-refractivity contribution in [3.8, 4) is 0 Å². The van der Waals surface area contributed by atoms with Crippen LogP contribution in [0.15, 0.2) is 0 Å². The van der Waals surface area contributed by atoms with E-state index in [2.05, 4.69) is 0 Å². The number of hydrogen-bond acceptors (Lipinski definition) is 0. The van der Waals surface area contributed by atoms with Crippen molar-refractivity contribution in [2.24, 2.45) is 11.8 Å². The molecule has 60 valence electrons. The van der Waals surface area contributed by atoms with E-state index in [-0.39, 0.29) is 18.3 Å². The van der Waals surface area contributed by atoms with Crippen molar-refractivity contribution in [3.05, 3.63) is 0 Å². The summed E-state index contributed by atoms with van der Waals surface area (Å²) in [7, 11) is 0. The van der Waals surface area contributed by atoms with Crippen molar-refractivity contribution in [1.82, 2.24) is 0 Å². The van der Waals surface area contributed by atoms with Crippen LogP contribution in [-0.4, -0.2) is 12.3 Å². The highest BCUT2D eigenvalue weighted by Crippen LogP contribution is 2.33. The Morgan fingerprint density at radius 1 is 1.10 bits per heavy atom. The molecular weight excluding hydrogens is 134 g/mol. The molecule has 4 unspecified atom stereocenters. The molecule has 0 nitrogen and oxygen atoms in total. The minimum Gasteiger partial charge on any atom is -0.247 e. The molecule has 1 saturated carbocycles. The van der Waals surface area contributed by atoms with Gasteiger partial charge in [0.2, 0.25) is 0 Å². The van der Waals surface area contributed by atoms with Crippen LogP contribution in [0.2, 0.25) is 0 Å². The van der Waals surface area contributed by atoms with Crippen LogP contribution in [0.3, 0.4) is 0 Å². The van der Waals surface area contributed by atoms with E-state index < -0.39 is 12.3 Å². The molecule has 0 heterocycles.